The van der Waals surface area contributed by atoms with Crippen LogP contribution in [0.2, 0.25) is 0 Å². The van der Waals surface area contributed by atoms with Crippen LogP contribution >= 0.6 is 0 Å². The van der Waals surface area contributed by atoms with Crippen molar-refractivity contribution in [3.63, 3.8) is 0 Å². The van der Waals surface area contributed by atoms with E-state index < -0.39 is 11.4 Å². The van der Waals surface area contributed by atoms with Crippen molar-refractivity contribution in [2.45, 2.75) is 45.6 Å². The highest BCUT2D eigenvalue weighted by molar-refractivity contribution is 5.76. The zero-order chi connectivity index (χ0) is 13.7. The smallest absolute Gasteiger partial charge is 0.310 e. The molecular formula is C16H23NO2. The van der Waals surface area contributed by atoms with Crippen LogP contribution in [0.5, 0.6) is 0 Å². The molecule has 2 rings (SSSR count). The van der Waals surface area contributed by atoms with Crippen molar-refractivity contribution in [1.29, 1.82) is 0 Å². The Morgan fingerprint density at radius 2 is 1.89 bits per heavy atom. The minimum Gasteiger partial charge on any atom is -0.481 e. The first-order valence-electron chi connectivity index (χ1n) is 7.18. The molecule has 3 heteroatoms. The monoisotopic (exact) mass is 261 g/mol. The van der Waals surface area contributed by atoms with Crippen molar-refractivity contribution in [2.24, 2.45) is 5.41 Å². The Bertz CT molecular complexity index is 421. The van der Waals surface area contributed by atoms with Crippen LogP contribution in [0.15, 0.2) is 24.3 Å². The molecule has 0 heterocycles. The van der Waals surface area contributed by atoms with Gasteiger partial charge in [-0.15, -0.1) is 0 Å². The number of carboxylic acids is 1. The second-order valence-corrected chi connectivity index (χ2v) is 5.61. The van der Waals surface area contributed by atoms with Crippen LogP contribution in [0.1, 0.15) is 43.7 Å². The Labute approximate surface area is 115 Å². The number of carbonyl (C=O) groups is 1. The van der Waals surface area contributed by atoms with Gasteiger partial charge in [-0.3, -0.25) is 4.79 Å². The molecule has 1 saturated carbocycles. The highest BCUT2D eigenvalue weighted by Crippen LogP contribution is 2.40. The van der Waals surface area contributed by atoms with Crippen molar-refractivity contribution in [3.8, 4) is 0 Å². The lowest BCUT2D eigenvalue weighted by molar-refractivity contribution is -0.154. The van der Waals surface area contributed by atoms with Gasteiger partial charge in [0, 0.05) is 13.1 Å². The highest BCUT2D eigenvalue weighted by atomic mass is 16.4. The topological polar surface area (TPSA) is 49.3 Å². The van der Waals surface area contributed by atoms with E-state index >= 15 is 0 Å². The number of nitrogens with one attached hydrogen (secondary N) is 1. The fraction of sp³-hybridized carbons (Fsp3) is 0.562. The van der Waals surface area contributed by atoms with E-state index in [2.05, 4.69) is 36.5 Å². The van der Waals surface area contributed by atoms with Crippen molar-refractivity contribution in [2.75, 3.05) is 6.54 Å². The molecule has 0 aromatic heterocycles. The van der Waals surface area contributed by atoms with Crippen molar-refractivity contribution < 1.29 is 9.90 Å². The second kappa shape index (κ2) is 6.20. The van der Waals surface area contributed by atoms with Crippen LogP contribution < -0.4 is 5.32 Å². The van der Waals surface area contributed by atoms with Gasteiger partial charge in [0.25, 0.3) is 0 Å². The Morgan fingerprint density at radius 1 is 1.26 bits per heavy atom. The van der Waals surface area contributed by atoms with Gasteiger partial charge in [-0.2, -0.15) is 0 Å². The number of hydrogen-bond acceptors (Lipinski definition) is 2. The van der Waals surface area contributed by atoms with Crippen molar-refractivity contribution >= 4 is 5.97 Å². The van der Waals surface area contributed by atoms with Gasteiger partial charge in [0.1, 0.15) is 0 Å². The van der Waals surface area contributed by atoms with E-state index in [1.54, 1.807) is 0 Å². The van der Waals surface area contributed by atoms with Crippen LogP contribution in [0.25, 0.3) is 0 Å². The molecule has 104 valence electrons. The Balaban J connectivity index is 1.80. The minimum atomic E-state index is -0.649. The molecule has 1 aromatic carbocycles. The summed E-state index contributed by atoms with van der Waals surface area (Å²) in [5.74, 6) is -0.649. The Kier molecular flexibility index (Phi) is 4.59. The van der Waals surface area contributed by atoms with Crippen LogP contribution in [0, 0.1) is 5.41 Å². The molecule has 3 nitrogen and oxygen atoms in total. The summed E-state index contributed by atoms with van der Waals surface area (Å²) < 4.78 is 0. The molecule has 2 N–H and O–H groups in total. The maximum absolute atomic E-state index is 11.2. The number of rotatable bonds is 7. The number of aliphatic carboxylic acids is 1. The summed E-state index contributed by atoms with van der Waals surface area (Å²) >= 11 is 0. The first-order valence-corrected chi connectivity index (χ1v) is 7.18. The van der Waals surface area contributed by atoms with Gasteiger partial charge >= 0.3 is 5.97 Å². The summed E-state index contributed by atoms with van der Waals surface area (Å²) in [4.78, 5) is 11.2. The molecule has 0 aliphatic heterocycles. The van der Waals surface area contributed by atoms with E-state index in [1.807, 2.05) is 0 Å². The fourth-order valence-corrected chi connectivity index (χ4v) is 2.63. The van der Waals surface area contributed by atoms with Gasteiger partial charge in [0.15, 0.2) is 0 Å². The average molecular weight is 261 g/mol. The molecule has 19 heavy (non-hydrogen) atoms. The number of benzene rings is 1. The normalized spacial score (nSPS) is 16.9. The first-order chi connectivity index (χ1) is 9.16. The van der Waals surface area contributed by atoms with Gasteiger partial charge in [-0.05, 0) is 30.4 Å². The molecule has 1 aliphatic rings. The maximum atomic E-state index is 11.2. The van der Waals surface area contributed by atoms with Crippen molar-refractivity contribution in [3.05, 3.63) is 35.4 Å². The van der Waals surface area contributed by atoms with E-state index in [0.717, 1.165) is 32.2 Å². The summed E-state index contributed by atoms with van der Waals surface area (Å²) in [5.41, 5.74) is 2.09. The summed E-state index contributed by atoms with van der Waals surface area (Å²) in [7, 11) is 0. The first kappa shape index (κ1) is 14.1. The summed E-state index contributed by atoms with van der Waals surface area (Å²) in [6.07, 6.45) is 4.95. The van der Waals surface area contributed by atoms with E-state index in [0.29, 0.717) is 6.54 Å². The standard InChI is InChI=1S/C16H23NO2/c1-2-4-13-5-7-14(8-6-13)11-17-12-16(15(18)19)9-3-10-16/h5-8,17H,2-4,9-12H2,1H3,(H,18,19). The molecule has 0 amide bonds. The van der Waals surface area contributed by atoms with E-state index in [4.69, 9.17) is 0 Å². The van der Waals surface area contributed by atoms with Crippen LogP contribution in [0.3, 0.4) is 0 Å². The van der Waals surface area contributed by atoms with E-state index in [9.17, 15) is 9.90 Å². The molecule has 0 radical (unpaired) electrons. The number of hydrogen-bond donors (Lipinski definition) is 2. The molecule has 0 spiro atoms. The summed E-state index contributed by atoms with van der Waals surface area (Å²) in [6, 6.07) is 8.59. The SMILES string of the molecule is CCCc1ccc(CNCC2(C(=O)O)CCC2)cc1. The average Bonchev–Trinajstić information content (AvgIpc) is 2.34. The third-order valence-electron chi connectivity index (χ3n) is 4.12. The van der Waals surface area contributed by atoms with Gasteiger partial charge < -0.3 is 10.4 Å². The molecular weight excluding hydrogens is 238 g/mol. The fourth-order valence-electron chi connectivity index (χ4n) is 2.63. The van der Waals surface area contributed by atoms with Crippen LogP contribution in [-0.4, -0.2) is 17.6 Å². The van der Waals surface area contributed by atoms with E-state index in [-0.39, 0.29) is 0 Å². The summed E-state index contributed by atoms with van der Waals surface area (Å²) in [6.45, 7) is 3.51. The lowest BCUT2D eigenvalue weighted by Crippen LogP contribution is -2.45. The molecule has 0 bridgehead atoms. The minimum absolute atomic E-state index is 0.498. The van der Waals surface area contributed by atoms with E-state index in [1.165, 1.54) is 17.5 Å². The van der Waals surface area contributed by atoms with Crippen molar-refractivity contribution in [1.82, 2.24) is 5.32 Å². The van der Waals surface area contributed by atoms with Gasteiger partial charge in [-0.25, -0.2) is 0 Å². The number of carboxylic acid groups (broad SMARTS) is 1. The van der Waals surface area contributed by atoms with Crippen LogP contribution in [0.4, 0.5) is 0 Å². The number of aryl methyl sites for hydroxylation is 1. The summed E-state index contributed by atoms with van der Waals surface area (Å²) in [5, 5.41) is 12.5. The Morgan fingerprint density at radius 3 is 2.37 bits per heavy atom. The molecule has 0 unspecified atom stereocenters. The van der Waals surface area contributed by atoms with Gasteiger partial charge in [0.05, 0.1) is 5.41 Å². The molecule has 0 atom stereocenters. The predicted octanol–water partition coefficient (Wildman–Crippen LogP) is 2.98. The lowest BCUT2D eigenvalue weighted by atomic mass is 9.69. The largest absolute Gasteiger partial charge is 0.481 e. The van der Waals surface area contributed by atoms with Gasteiger partial charge in [0.2, 0.25) is 0 Å². The zero-order valence-corrected chi connectivity index (χ0v) is 11.6. The Hall–Kier alpha value is -1.35. The third-order valence-corrected chi connectivity index (χ3v) is 4.12. The van der Waals surface area contributed by atoms with Gasteiger partial charge in [-0.1, -0.05) is 44.0 Å². The maximum Gasteiger partial charge on any atom is 0.310 e. The molecule has 1 aromatic rings. The third kappa shape index (κ3) is 3.35. The van der Waals surface area contributed by atoms with Crippen LogP contribution in [-0.2, 0) is 17.8 Å². The second-order valence-electron chi connectivity index (χ2n) is 5.61. The predicted molar refractivity (Wildman–Crippen MR) is 76.1 cm³/mol. The lowest BCUT2D eigenvalue weighted by Gasteiger charge is -2.37. The molecule has 0 saturated heterocycles. The molecule has 1 aliphatic carbocycles. The highest BCUT2D eigenvalue weighted by Gasteiger charge is 2.43. The molecule has 1 fully saturated rings. The quantitative estimate of drug-likeness (QED) is 0.793. The zero-order valence-electron chi connectivity index (χ0n) is 11.6.